The van der Waals surface area contributed by atoms with E-state index in [0.29, 0.717) is 29.5 Å². The molecule has 0 aliphatic carbocycles. The van der Waals surface area contributed by atoms with Gasteiger partial charge in [-0.1, -0.05) is 35.9 Å². The molecular weight excluding hydrogens is 260 g/mol. The van der Waals surface area contributed by atoms with Crippen LogP contribution in [0.15, 0.2) is 42.5 Å². The van der Waals surface area contributed by atoms with E-state index < -0.39 is 0 Å². The molecule has 3 nitrogen and oxygen atoms in total. The van der Waals surface area contributed by atoms with Crippen molar-refractivity contribution in [3.8, 4) is 11.8 Å². The van der Waals surface area contributed by atoms with Gasteiger partial charge in [-0.05, 0) is 18.2 Å². The number of nitrogens with zero attached hydrogens (tertiary/aromatic N) is 1. The van der Waals surface area contributed by atoms with E-state index >= 15 is 0 Å². The van der Waals surface area contributed by atoms with Crippen LogP contribution in [0.5, 0.6) is 5.75 Å². The highest BCUT2D eigenvalue weighted by molar-refractivity contribution is 6.31. The van der Waals surface area contributed by atoms with Crippen molar-refractivity contribution in [2.45, 2.75) is 13.2 Å². The zero-order chi connectivity index (χ0) is 13.7. The fourth-order valence-corrected chi connectivity index (χ4v) is 2.03. The third-order valence-corrected chi connectivity index (χ3v) is 3.16. The Kier molecular flexibility index (Phi) is 4.40. The number of benzene rings is 2. The van der Waals surface area contributed by atoms with E-state index in [1.54, 1.807) is 12.1 Å². The molecular formula is C15H13ClN2O. The topological polar surface area (TPSA) is 59.0 Å². The molecule has 0 aliphatic heterocycles. The Balaban J connectivity index is 2.20. The molecule has 4 heteroatoms. The molecule has 96 valence electrons. The molecule has 2 aromatic carbocycles. The van der Waals surface area contributed by atoms with Gasteiger partial charge in [0.15, 0.2) is 0 Å². The van der Waals surface area contributed by atoms with E-state index in [2.05, 4.69) is 6.07 Å². The average Bonchev–Trinajstić information content (AvgIpc) is 2.45. The number of nitriles is 1. The van der Waals surface area contributed by atoms with Crippen molar-refractivity contribution in [2.24, 2.45) is 5.73 Å². The minimum atomic E-state index is 0.314. The largest absolute Gasteiger partial charge is 0.488 e. The standard InChI is InChI=1S/C15H13ClN2O/c16-14-6-3-7-15(13(14)9-18)19-10-12-5-2-1-4-11(12)8-17/h1-7H,9-10,18H2. The highest BCUT2D eigenvalue weighted by Crippen LogP contribution is 2.26. The lowest BCUT2D eigenvalue weighted by Gasteiger charge is -2.12. The van der Waals surface area contributed by atoms with Crippen molar-refractivity contribution in [3.05, 3.63) is 64.2 Å². The summed E-state index contributed by atoms with van der Waals surface area (Å²) in [7, 11) is 0. The second kappa shape index (κ2) is 6.24. The molecule has 0 saturated carbocycles. The summed E-state index contributed by atoms with van der Waals surface area (Å²) in [5.74, 6) is 0.655. The summed E-state index contributed by atoms with van der Waals surface area (Å²) in [6.07, 6.45) is 0. The lowest BCUT2D eigenvalue weighted by atomic mass is 10.1. The van der Waals surface area contributed by atoms with Crippen LogP contribution in [0.1, 0.15) is 16.7 Å². The molecule has 2 aromatic rings. The molecule has 2 rings (SSSR count). The van der Waals surface area contributed by atoms with Gasteiger partial charge < -0.3 is 10.5 Å². The third-order valence-electron chi connectivity index (χ3n) is 2.80. The predicted octanol–water partition coefficient (Wildman–Crippen LogP) is 3.25. The second-order valence-corrected chi connectivity index (χ2v) is 4.39. The molecule has 0 atom stereocenters. The Bertz CT molecular complexity index is 620. The number of ether oxygens (including phenoxy) is 1. The van der Waals surface area contributed by atoms with E-state index in [1.165, 1.54) is 0 Å². The first-order valence-corrected chi connectivity index (χ1v) is 6.22. The van der Waals surface area contributed by atoms with Crippen LogP contribution in [0.4, 0.5) is 0 Å². The van der Waals surface area contributed by atoms with Crippen molar-refractivity contribution in [2.75, 3.05) is 0 Å². The Morgan fingerprint density at radius 3 is 2.68 bits per heavy atom. The molecule has 2 N–H and O–H groups in total. The molecule has 0 heterocycles. The summed E-state index contributed by atoms with van der Waals surface area (Å²) < 4.78 is 5.72. The molecule has 0 amide bonds. The number of halogens is 1. The van der Waals surface area contributed by atoms with Crippen molar-refractivity contribution in [3.63, 3.8) is 0 Å². The van der Waals surface area contributed by atoms with Crippen molar-refractivity contribution in [1.82, 2.24) is 0 Å². The summed E-state index contributed by atoms with van der Waals surface area (Å²) in [6, 6.07) is 14.9. The van der Waals surface area contributed by atoms with Crippen LogP contribution >= 0.6 is 11.6 Å². The molecule has 0 spiro atoms. The van der Waals surface area contributed by atoms with Gasteiger partial charge in [0, 0.05) is 22.7 Å². The minimum Gasteiger partial charge on any atom is -0.488 e. The fraction of sp³-hybridized carbons (Fsp3) is 0.133. The van der Waals surface area contributed by atoms with Crippen LogP contribution in [0.3, 0.4) is 0 Å². The zero-order valence-corrected chi connectivity index (χ0v) is 11.0. The molecule has 0 bridgehead atoms. The highest BCUT2D eigenvalue weighted by Gasteiger charge is 2.08. The molecule has 0 radical (unpaired) electrons. The zero-order valence-electron chi connectivity index (χ0n) is 10.3. The SMILES string of the molecule is N#Cc1ccccc1COc1cccc(Cl)c1CN. The maximum Gasteiger partial charge on any atom is 0.125 e. The first-order valence-electron chi connectivity index (χ1n) is 5.84. The Morgan fingerprint density at radius 1 is 1.16 bits per heavy atom. The third kappa shape index (κ3) is 3.05. The maximum absolute atomic E-state index is 9.01. The molecule has 0 aliphatic rings. The van der Waals surface area contributed by atoms with Crippen LogP contribution in [0.2, 0.25) is 5.02 Å². The van der Waals surface area contributed by atoms with Crippen LogP contribution in [-0.4, -0.2) is 0 Å². The Labute approximate surface area is 117 Å². The number of rotatable bonds is 4. The van der Waals surface area contributed by atoms with Gasteiger partial charge in [-0.3, -0.25) is 0 Å². The Morgan fingerprint density at radius 2 is 1.95 bits per heavy atom. The molecule has 0 unspecified atom stereocenters. The van der Waals surface area contributed by atoms with Gasteiger partial charge in [0.25, 0.3) is 0 Å². The molecule has 0 aromatic heterocycles. The van der Waals surface area contributed by atoms with E-state index in [4.69, 9.17) is 27.3 Å². The lowest BCUT2D eigenvalue weighted by molar-refractivity contribution is 0.302. The number of hydrogen-bond acceptors (Lipinski definition) is 3. The smallest absolute Gasteiger partial charge is 0.125 e. The van der Waals surface area contributed by atoms with Crippen molar-refractivity contribution >= 4 is 11.6 Å². The molecule has 0 saturated heterocycles. The van der Waals surface area contributed by atoms with Gasteiger partial charge in [-0.2, -0.15) is 5.26 Å². The van der Waals surface area contributed by atoms with Crippen LogP contribution in [-0.2, 0) is 13.2 Å². The van der Waals surface area contributed by atoms with E-state index in [9.17, 15) is 0 Å². The monoisotopic (exact) mass is 272 g/mol. The lowest BCUT2D eigenvalue weighted by Crippen LogP contribution is -2.04. The van der Waals surface area contributed by atoms with E-state index in [1.807, 2.05) is 30.3 Å². The fourth-order valence-electron chi connectivity index (χ4n) is 1.78. The normalized spacial score (nSPS) is 9.95. The van der Waals surface area contributed by atoms with Crippen LogP contribution < -0.4 is 10.5 Å². The van der Waals surface area contributed by atoms with Crippen molar-refractivity contribution < 1.29 is 4.74 Å². The highest BCUT2D eigenvalue weighted by atomic mass is 35.5. The number of hydrogen-bond donors (Lipinski definition) is 1. The first-order chi connectivity index (χ1) is 9.26. The van der Waals surface area contributed by atoms with Gasteiger partial charge >= 0.3 is 0 Å². The van der Waals surface area contributed by atoms with Gasteiger partial charge in [0.05, 0.1) is 11.6 Å². The van der Waals surface area contributed by atoms with Crippen LogP contribution in [0, 0.1) is 11.3 Å². The predicted molar refractivity (Wildman–Crippen MR) is 74.8 cm³/mol. The summed E-state index contributed by atoms with van der Waals surface area (Å²) in [6.45, 7) is 0.631. The summed E-state index contributed by atoms with van der Waals surface area (Å²) in [5.41, 5.74) is 7.89. The first kappa shape index (κ1) is 13.4. The summed E-state index contributed by atoms with van der Waals surface area (Å²) in [5, 5.41) is 9.61. The van der Waals surface area contributed by atoms with Gasteiger partial charge in [0.2, 0.25) is 0 Å². The quantitative estimate of drug-likeness (QED) is 0.929. The average molecular weight is 273 g/mol. The maximum atomic E-state index is 9.01. The van der Waals surface area contributed by atoms with Gasteiger partial charge in [0.1, 0.15) is 12.4 Å². The summed E-state index contributed by atoms with van der Waals surface area (Å²) in [4.78, 5) is 0. The summed E-state index contributed by atoms with van der Waals surface area (Å²) >= 11 is 6.06. The van der Waals surface area contributed by atoms with E-state index in [-0.39, 0.29) is 0 Å². The minimum absolute atomic E-state index is 0.314. The Hall–Kier alpha value is -2.02. The van der Waals surface area contributed by atoms with Crippen molar-refractivity contribution in [1.29, 1.82) is 5.26 Å². The molecule has 19 heavy (non-hydrogen) atoms. The second-order valence-electron chi connectivity index (χ2n) is 3.98. The van der Waals surface area contributed by atoms with Crippen LogP contribution in [0.25, 0.3) is 0 Å². The van der Waals surface area contributed by atoms with Gasteiger partial charge in [-0.15, -0.1) is 0 Å². The van der Waals surface area contributed by atoms with Gasteiger partial charge in [-0.25, -0.2) is 0 Å². The number of nitrogens with two attached hydrogens (primary N) is 1. The molecule has 0 fully saturated rings. The van der Waals surface area contributed by atoms with E-state index in [0.717, 1.165) is 11.1 Å².